The van der Waals surface area contributed by atoms with Gasteiger partial charge in [0.25, 0.3) is 5.91 Å². The number of nitrogens with one attached hydrogen (secondary N) is 2. The molecule has 0 saturated carbocycles. The molecule has 0 atom stereocenters. The number of ether oxygens (including phenoxy) is 2. The predicted molar refractivity (Wildman–Crippen MR) is 127 cm³/mol. The number of sulfonamides is 1. The van der Waals surface area contributed by atoms with Crippen LogP contribution in [0.2, 0.25) is 0 Å². The molecule has 0 unspecified atom stereocenters. The molecule has 2 amide bonds. The number of hydrogen-bond acceptors (Lipinski definition) is 8. The zero-order valence-corrected chi connectivity index (χ0v) is 20.0. The highest BCUT2D eigenvalue weighted by atomic mass is 32.2. The number of benzene rings is 2. The molecule has 0 spiro atoms. The summed E-state index contributed by atoms with van der Waals surface area (Å²) in [7, 11) is -0.864. The van der Waals surface area contributed by atoms with E-state index in [4.69, 9.17) is 9.47 Å². The Morgan fingerprint density at radius 3 is 2.62 bits per heavy atom. The molecule has 0 aliphatic carbocycles. The Bertz CT molecular complexity index is 1340. The number of rotatable bonds is 7. The lowest BCUT2D eigenvalue weighted by molar-refractivity contribution is -0.115. The van der Waals surface area contributed by atoms with Gasteiger partial charge >= 0.3 is 0 Å². The third-order valence-corrected chi connectivity index (χ3v) is 7.44. The monoisotopic (exact) mass is 502 g/mol. The highest BCUT2D eigenvalue weighted by Crippen LogP contribution is 2.35. The average Bonchev–Trinajstić information content (AvgIpc) is 3.30. The number of nitrogens with zero attached hydrogens (tertiary/aromatic N) is 2. The minimum Gasteiger partial charge on any atom is -0.486 e. The third-order valence-electron chi connectivity index (χ3n) is 4.87. The maximum Gasteiger partial charge on any atom is 0.251 e. The number of aromatic nitrogens is 1. The molecule has 3 aromatic rings. The van der Waals surface area contributed by atoms with E-state index in [9.17, 15) is 18.0 Å². The summed E-state index contributed by atoms with van der Waals surface area (Å²) in [5, 5.41) is 7.31. The van der Waals surface area contributed by atoms with Crippen molar-refractivity contribution < 1.29 is 27.5 Å². The molecule has 4 rings (SSSR count). The first-order chi connectivity index (χ1) is 16.2. The molecule has 178 valence electrons. The molecule has 12 heteroatoms. The van der Waals surface area contributed by atoms with E-state index in [-0.39, 0.29) is 17.0 Å². The number of amides is 2. The second kappa shape index (κ2) is 9.79. The predicted octanol–water partition coefficient (Wildman–Crippen LogP) is 2.20. The van der Waals surface area contributed by atoms with Crippen molar-refractivity contribution in [3.63, 3.8) is 0 Å². The van der Waals surface area contributed by atoms with Crippen molar-refractivity contribution in [3.8, 4) is 22.8 Å². The van der Waals surface area contributed by atoms with E-state index in [0.717, 1.165) is 9.87 Å². The summed E-state index contributed by atoms with van der Waals surface area (Å²) in [4.78, 5) is 29.1. The number of fused-ring (bicyclic) bond motifs is 1. The van der Waals surface area contributed by atoms with Crippen LogP contribution in [0.15, 0.2) is 52.7 Å². The first-order valence-corrected chi connectivity index (χ1v) is 12.5. The van der Waals surface area contributed by atoms with Gasteiger partial charge in [-0.2, -0.15) is 0 Å². The van der Waals surface area contributed by atoms with Crippen LogP contribution < -0.4 is 20.1 Å². The van der Waals surface area contributed by atoms with Crippen LogP contribution in [0.3, 0.4) is 0 Å². The van der Waals surface area contributed by atoms with Crippen LogP contribution in [0.4, 0.5) is 5.13 Å². The second-order valence-electron chi connectivity index (χ2n) is 7.44. The van der Waals surface area contributed by atoms with Crippen LogP contribution in [0.5, 0.6) is 11.5 Å². The SMILES string of the molecule is CN(C)S(=O)(=O)c1cccc(C(=O)NCC(=O)Nc2nc(-c3ccc4c(c3)OCCO4)cs2)c1. The lowest BCUT2D eigenvalue weighted by Crippen LogP contribution is -2.33. The fourth-order valence-electron chi connectivity index (χ4n) is 3.10. The van der Waals surface area contributed by atoms with Gasteiger partial charge in [0, 0.05) is 30.6 Å². The second-order valence-corrected chi connectivity index (χ2v) is 10.5. The first kappa shape index (κ1) is 23.7. The fourth-order valence-corrected chi connectivity index (χ4v) is 4.79. The van der Waals surface area contributed by atoms with E-state index < -0.39 is 21.8 Å². The molecule has 10 nitrogen and oxygen atoms in total. The van der Waals surface area contributed by atoms with Crippen LogP contribution in [-0.2, 0) is 14.8 Å². The van der Waals surface area contributed by atoms with Gasteiger partial charge in [0.15, 0.2) is 16.6 Å². The normalized spacial score (nSPS) is 12.9. The van der Waals surface area contributed by atoms with Crippen LogP contribution in [-0.4, -0.2) is 63.4 Å². The molecule has 2 aromatic carbocycles. The van der Waals surface area contributed by atoms with E-state index in [0.29, 0.717) is 35.5 Å². The van der Waals surface area contributed by atoms with Crippen LogP contribution >= 0.6 is 11.3 Å². The molecule has 1 aliphatic rings. The summed E-state index contributed by atoms with van der Waals surface area (Å²) in [6.45, 7) is 0.690. The van der Waals surface area contributed by atoms with E-state index in [1.165, 1.54) is 49.7 Å². The van der Waals surface area contributed by atoms with Gasteiger partial charge in [-0.05, 0) is 36.4 Å². The van der Waals surface area contributed by atoms with E-state index in [2.05, 4.69) is 15.6 Å². The molecule has 0 saturated heterocycles. The van der Waals surface area contributed by atoms with Crippen LogP contribution in [0, 0.1) is 0 Å². The Morgan fingerprint density at radius 1 is 1.09 bits per heavy atom. The van der Waals surface area contributed by atoms with Gasteiger partial charge < -0.3 is 20.1 Å². The Hall–Kier alpha value is -3.48. The van der Waals surface area contributed by atoms with Crippen molar-refractivity contribution in [3.05, 3.63) is 53.4 Å². The molecule has 2 N–H and O–H groups in total. The molecule has 0 fully saturated rings. The zero-order chi connectivity index (χ0) is 24.3. The standard InChI is InChI=1S/C22H22N4O6S2/c1-26(2)34(29,30)16-5-3-4-15(10-16)21(28)23-12-20(27)25-22-24-17(13-33-22)14-6-7-18-19(11-14)32-9-8-31-18/h3-7,10-11,13H,8-9,12H2,1-2H3,(H,23,28)(H,24,25,27). The Balaban J connectivity index is 1.35. The topological polar surface area (TPSA) is 127 Å². The first-order valence-electron chi connectivity index (χ1n) is 10.2. The van der Waals surface area contributed by atoms with Gasteiger partial charge in [0.1, 0.15) is 13.2 Å². The third kappa shape index (κ3) is 5.19. The Kier molecular flexibility index (Phi) is 6.82. The van der Waals surface area contributed by atoms with Crippen molar-refractivity contribution in [2.45, 2.75) is 4.90 Å². The number of carbonyl (C=O) groups excluding carboxylic acids is 2. The van der Waals surface area contributed by atoms with Gasteiger partial charge in [-0.15, -0.1) is 11.3 Å². The molecular formula is C22H22N4O6S2. The van der Waals surface area contributed by atoms with Gasteiger partial charge in [-0.3, -0.25) is 9.59 Å². The summed E-state index contributed by atoms with van der Waals surface area (Å²) in [6.07, 6.45) is 0. The molecule has 1 aromatic heterocycles. The maximum absolute atomic E-state index is 12.4. The molecule has 0 bridgehead atoms. The van der Waals surface area contributed by atoms with Gasteiger partial charge in [0.05, 0.1) is 17.1 Å². The zero-order valence-electron chi connectivity index (χ0n) is 18.4. The van der Waals surface area contributed by atoms with Crippen molar-refractivity contribution in [2.75, 3.05) is 39.2 Å². The van der Waals surface area contributed by atoms with E-state index in [1.807, 2.05) is 18.2 Å². The van der Waals surface area contributed by atoms with Crippen molar-refractivity contribution >= 4 is 38.3 Å². The number of carbonyl (C=O) groups is 2. The van der Waals surface area contributed by atoms with Gasteiger partial charge in [-0.25, -0.2) is 17.7 Å². The lowest BCUT2D eigenvalue weighted by atomic mass is 10.1. The van der Waals surface area contributed by atoms with Crippen molar-refractivity contribution in [1.29, 1.82) is 0 Å². The number of hydrogen-bond donors (Lipinski definition) is 2. The maximum atomic E-state index is 12.4. The van der Waals surface area contributed by atoms with Crippen molar-refractivity contribution in [1.82, 2.24) is 14.6 Å². The fraction of sp³-hybridized carbons (Fsp3) is 0.227. The molecule has 0 radical (unpaired) electrons. The van der Waals surface area contributed by atoms with Gasteiger partial charge in [-0.1, -0.05) is 6.07 Å². The van der Waals surface area contributed by atoms with Gasteiger partial charge in [0.2, 0.25) is 15.9 Å². The highest BCUT2D eigenvalue weighted by Gasteiger charge is 2.19. The number of thiazole rings is 1. The molecule has 34 heavy (non-hydrogen) atoms. The molecular weight excluding hydrogens is 480 g/mol. The van der Waals surface area contributed by atoms with E-state index in [1.54, 1.807) is 5.38 Å². The minimum atomic E-state index is -3.68. The molecule has 1 aliphatic heterocycles. The largest absolute Gasteiger partial charge is 0.486 e. The summed E-state index contributed by atoms with van der Waals surface area (Å²) >= 11 is 1.25. The summed E-state index contributed by atoms with van der Waals surface area (Å²) in [6, 6.07) is 11.1. The highest BCUT2D eigenvalue weighted by molar-refractivity contribution is 7.89. The summed E-state index contributed by atoms with van der Waals surface area (Å²) in [5.41, 5.74) is 1.62. The van der Waals surface area contributed by atoms with Crippen LogP contribution in [0.25, 0.3) is 11.3 Å². The average molecular weight is 503 g/mol. The lowest BCUT2D eigenvalue weighted by Gasteiger charge is -2.18. The smallest absolute Gasteiger partial charge is 0.251 e. The minimum absolute atomic E-state index is 0.0101. The quantitative estimate of drug-likeness (QED) is 0.507. The van der Waals surface area contributed by atoms with Crippen LogP contribution in [0.1, 0.15) is 10.4 Å². The number of anilines is 1. The summed E-state index contributed by atoms with van der Waals surface area (Å²) in [5.74, 6) is 0.294. The summed E-state index contributed by atoms with van der Waals surface area (Å²) < 4.78 is 36.7. The van der Waals surface area contributed by atoms with E-state index >= 15 is 0 Å². The Labute approximate surface area is 200 Å². The Morgan fingerprint density at radius 2 is 1.85 bits per heavy atom. The van der Waals surface area contributed by atoms with Crippen molar-refractivity contribution in [2.24, 2.45) is 0 Å². The molecule has 2 heterocycles.